The van der Waals surface area contributed by atoms with Gasteiger partial charge in [-0.2, -0.15) is 8.78 Å². The van der Waals surface area contributed by atoms with E-state index < -0.39 is 6.61 Å². The fourth-order valence-electron chi connectivity index (χ4n) is 1.63. The topological polar surface area (TPSA) is 57.4 Å². The van der Waals surface area contributed by atoms with Crippen molar-refractivity contribution >= 4 is 5.69 Å². The molecule has 1 aromatic carbocycles. The number of ether oxygens (including phenoxy) is 2. The lowest BCUT2D eigenvalue weighted by molar-refractivity contribution is -0.0498. The fraction of sp³-hybridized carbons (Fsp3) is 0.154. The highest BCUT2D eigenvalue weighted by Gasteiger charge is 2.06. The molecule has 0 radical (unpaired) electrons. The molecule has 0 atom stereocenters. The Morgan fingerprint density at radius 1 is 1.16 bits per heavy atom. The van der Waals surface area contributed by atoms with Crippen LogP contribution in [0.1, 0.15) is 0 Å². The predicted molar refractivity (Wildman–Crippen MR) is 67.3 cm³/mol. The van der Waals surface area contributed by atoms with Gasteiger partial charge in [-0.15, -0.1) is 0 Å². The van der Waals surface area contributed by atoms with Crippen molar-refractivity contribution in [1.82, 2.24) is 4.98 Å². The summed E-state index contributed by atoms with van der Waals surface area (Å²) in [6.45, 7) is -2.83. The van der Waals surface area contributed by atoms with Gasteiger partial charge in [-0.3, -0.25) is 0 Å². The summed E-state index contributed by atoms with van der Waals surface area (Å²) in [7, 11) is 1.48. The zero-order valence-electron chi connectivity index (χ0n) is 10.1. The number of alkyl halides is 2. The van der Waals surface area contributed by atoms with Gasteiger partial charge in [0.05, 0.1) is 12.8 Å². The molecule has 0 aliphatic heterocycles. The summed E-state index contributed by atoms with van der Waals surface area (Å²) >= 11 is 0. The highest BCUT2D eigenvalue weighted by atomic mass is 19.3. The van der Waals surface area contributed by atoms with Crippen LogP contribution in [-0.4, -0.2) is 18.7 Å². The van der Waals surface area contributed by atoms with Gasteiger partial charge in [0.25, 0.3) is 0 Å². The smallest absolute Gasteiger partial charge is 0.387 e. The number of rotatable bonds is 4. The molecular weight excluding hydrogens is 254 g/mol. The Balaban J connectivity index is 2.24. The third-order valence-electron chi connectivity index (χ3n) is 2.49. The highest BCUT2D eigenvalue weighted by Crippen LogP contribution is 2.27. The summed E-state index contributed by atoms with van der Waals surface area (Å²) in [6.07, 6.45) is 1.60. The molecule has 1 aromatic heterocycles. The van der Waals surface area contributed by atoms with Gasteiger partial charge in [-0.25, -0.2) is 4.98 Å². The minimum absolute atomic E-state index is 0.105. The first-order valence-corrected chi connectivity index (χ1v) is 5.45. The summed E-state index contributed by atoms with van der Waals surface area (Å²) < 4.78 is 33.3. The Morgan fingerprint density at radius 2 is 1.84 bits per heavy atom. The highest BCUT2D eigenvalue weighted by molar-refractivity contribution is 5.68. The van der Waals surface area contributed by atoms with E-state index in [2.05, 4.69) is 9.72 Å². The molecule has 0 saturated carbocycles. The van der Waals surface area contributed by atoms with Crippen molar-refractivity contribution in [2.24, 2.45) is 0 Å². The monoisotopic (exact) mass is 266 g/mol. The Morgan fingerprint density at radius 3 is 2.37 bits per heavy atom. The molecule has 0 bridgehead atoms. The van der Waals surface area contributed by atoms with Crippen LogP contribution in [0.2, 0.25) is 0 Å². The molecule has 0 aliphatic carbocycles. The summed E-state index contributed by atoms with van der Waals surface area (Å²) in [5, 5.41) is 0. The molecule has 100 valence electrons. The number of nitrogens with zero attached hydrogens (tertiary/aromatic N) is 1. The Kier molecular flexibility index (Phi) is 3.79. The van der Waals surface area contributed by atoms with E-state index in [1.807, 2.05) is 0 Å². The number of hydrogen-bond donors (Lipinski definition) is 1. The number of aromatic nitrogens is 1. The van der Waals surface area contributed by atoms with Crippen LogP contribution in [0.5, 0.6) is 11.6 Å². The third-order valence-corrected chi connectivity index (χ3v) is 2.49. The van der Waals surface area contributed by atoms with Crippen LogP contribution in [0, 0.1) is 0 Å². The lowest BCUT2D eigenvalue weighted by Crippen LogP contribution is -2.01. The van der Waals surface area contributed by atoms with E-state index in [0.717, 1.165) is 11.1 Å². The Hall–Kier alpha value is -2.37. The van der Waals surface area contributed by atoms with E-state index in [1.54, 1.807) is 24.4 Å². The van der Waals surface area contributed by atoms with Crippen molar-refractivity contribution in [3.05, 3.63) is 36.5 Å². The van der Waals surface area contributed by atoms with E-state index in [0.29, 0.717) is 11.6 Å². The van der Waals surface area contributed by atoms with Crippen LogP contribution in [0.3, 0.4) is 0 Å². The zero-order chi connectivity index (χ0) is 13.8. The minimum atomic E-state index is -2.83. The van der Waals surface area contributed by atoms with Gasteiger partial charge in [0.1, 0.15) is 5.75 Å². The first-order valence-electron chi connectivity index (χ1n) is 5.45. The molecule has 0 amide bonds. The number of halogens is 2. The van der Waals surface area contributed by atoms with Crippen molar-refractivity contribution in [1.29, 1.82) is 0 Å². The van der Waals surface area contributed by atoms with Gasteiger partial charge >= 0.3 is 6.61 Å². The maximum Gasteiger partial charge on any atom is 0.387 e. The van der Waals surface area contributed by atoms with Gasteiger partial charge in [0, 0.05) is 11.8 Å². The standard InChI is InChI=1S/C13H12F2N2O2/c1-18-12-11(16)6-9(7-17-12)8-2-4-10(5-3-8)19-13(14)15/h2-7,13H,16H2,1H3. The second kappa shape index (κ2) is 5.51. The Labute approximate surface area is 108 Å². The number of anilines is 1. The summed E-state index contributed by atoms with van der Waals surface area (Å²) in [4.78, 5) is 4.05. The molecule has 0 spiro atoms. The van der Waals surface area contributed by atoms with Crippen molar-refractivity contribution in [2.45, 2.75) is 6.61 Å². The number of pyridine rings is 1. The molecule has 0 unspecified atom stereocenters. The molecule has 6 heteroatoms. The van der Waals surface area contributed by atoms with Gasteiger partial charge in [-0.05, 0) is 23.8 Å². The third kappa shape index (κ3) is 3.09. The molecule has 1 heterocycles. The average molecular weight is 266 g/mol. The lowest BCUT2D eigenvalue weighted by atomic mass is 10.1. The zero-order valence-corrected chi connectivity index (χ0v) is 10.1. The predicted octanol–water partition coefficient (Wildman–Crippen LogP) is 2.94. The summed E-state index contributed by atoms with van der Waals surface area (Å²) in [5.74, 6) is 0.453. The van der Waals surface area contributed by atoms with Crippen molar-refractivity contribution < 1.29 is 18.3 Å². The maximum atomic E-state index is 12.0. The van der Waals surface area contributed by atoms with E-state index in [1.165, 1.54) is 19.2 Å². The minimum Gasteiger partial charge on any atom is -0.480 e. The number of benzene rings is 1. The van der Waals surface area contributed by atoms with E-state index in [9.17, 15) is 8.78 Å². The van der Waals surface area contributed by atoms with Gasteiger partial charge in [-0.1, -0.05) is 12.1 Å². The molecular formula is C13H12F2N2O2. The van der Waals surface area contributed by atoms with Crippen molar-refractivity contribution in [2.75, 3.05) is 12.8 Å². The number of hydrogen-bond acceptors (Lipinski definition) is 4. The molecule has 19 heavy (non-hydrogen) atoms. The second-order valence-corrected chi connectivity index (χ2v) is 3.73. The lowest BCUT2D eigenvalue weighted by Gasteiger charge is -2.08. The largest absolute Gasteiger partial charge is 0.480 e. The summed E-state index contributed by atoms with van der Waals surface area (Å²) in [6, 6.07) is 7.93. The van der Waals surface area contributed by atoms with Crippen LogP contribution in [0.15, 0.2) is 36.5 Å². The number of nitrogens with two attached hydrogens (primary N) is 1. The van der Waals surface area contributed by atoms with Crippen LogP contribution in [0.4, 0.5) is 14.5 Å². The molecule has 2 aromatic rings. The first kappa shape index (κ1) is 13.1. The second-order valence-electron chi connectivity index (χ2n) is 3.73. The van der Waals surface area contributed by atoms with E-state index in [-0.39, 0.29) is 5.75 Å². The molecule has 4 nitrogen and oxygen atoms in total. The van der Waals surface area contributed by atoms with E-state index >= 15 is 0 Å². The maximum absolute atomic E-state index is 12.0. The van der Waals surface area contributed by atoms with Crippen LogP contribution >= 0.6 is 0 Å². The van der Waals surface area contributed by atoms with Crippen LogP contribution in [-0.2, 0) is 0 Å². The molecule has 0 aliphatic rings. The van der Waals surface area contributed by atoms with Gasteiger partial charge in [0.15, 0.2) is 0 Å². The first-order chi connectivity index (χ1) is 9.10. The quantitative estimate of drug-likeness (QED) is 0.924. The normalized spacial score (nSPS) is 10.5. The molecule has 0 fully saturated rings. The van der Waals surface area contributed by atoms with Crippen LogP contribution < -0.4 is 15.2 Å². The van der Waals surface area contributed by atoms with E-state index in [4.69, 9.17) is 10.5 Å². The number of nitrogen functional groups attached to an aromatic ring is 1. The fourth-order valence-corrected chi connectivity index (χ4v) is 1.63. The summed E-state index contributed by atoms with van der Waals surface area (Å²) in [5.41, 5.74) is 7.72. The van der Waals surface area contributed by atoms with Crippen molar-refractivity contribution in [3.8, 4) is 22.8 Å². The SMILES string of the molecule is COc1ncc(-c2ccc(OC(F)F)cc2)cc1N. The molecule has 2 rings (SSSR count). The van der Waals surface area contributed by atoms with Gasteiger partial charge < -0.3 is 15.2 Å². The van der Waals surface area contributed by atoms with Crippen LogP contribution in [0.25, 0.3) is 11.1 Å². The number of methoxy groups -OCH3 is 1. The van der Waals surface area contributed by atoms with Gasteiger partial charge in [0.2, 0.25) is 5.88 Å². The van der Waals surface area contributed by atoms with Crippen molar-refractivity contribution in [3.63, 3.8) is 0 Å². The average Bonchev–Trinajstić information content (AvgIpc) is 2.39. The molecule has 2 N–H and O–H groups in total. The molecule has 0 saturated heterocycles. The Bertz CT molecular complexity index is 559.